The van der Waals surface area contributed by atoms with Gasteiger partial charge in [0.15, 0.2) is 5.05 Å². The number of thiocarbonyl (C=S) groups is 1. The zero-order chi connectivity index (χ0) is 11.0. The first-order valence-electron chi connectivity index (χ1n) is 4.92. The number of fused-ring (bicyclic) bond motifs is 1. The first-order chi connectivity index (χ1) is 7.08. The Labute approximate surface area is 94.2 Å². The Morgan fingerprint density at radius 2 is 2.27 bits per heavy atom. The minimum atomic E-state index is -0.0514. The smallest absolute Gasteiger partial charge is 0.171 e. The van der Waals surface area contributed by atoms with Crippen molar-refractivity contribution in [1.82, 2.24) is 0 Å². The summed E-state index contributed by atoms with van der Waals surface area (Å²) in [6, 6.07) is 5.84. The lowest BCUT2D eigenvalue weighted by Crippen LogP contribution is -2.04. The third-order valence-corrected chi connectivity index (χ3v) is 2.98. The normalized spacial score (nSPS) is 15.7. The van der Waals surface area contributed by atoms with Crippen LogP contribution in [0, 0.1) is 0 Å². The third kappa shape index (κ3) is 1.92. The molecule has 0 saturated heterocycles. The second-order valence-electron chi connectivity index (χ2n) is 3.85. The maximum absolute atomic E-state index is 11.3. The predicted octanol–water partition coefficient (Wildman–Crippen LogP) is 2.64. The topological polar surface area (TPSA) is 26.3 Å². The molecule has 2 rings (SSSR count). The van der Waals surface area contributed by atoms with Gasteiger partial charge in [-0.25, -0.2) is 0 Å². The van der Waals surface area contributed by atoms with E-state index in [9.17, 15) is 4.79 Å². The highest BCUT2D eigenvalue weighted by Crippen LogP contribution is 2.30. The number of benzene rings is 1. The van der Waals surface area contributed by atoms with E-state index in [1.165, 1.54) is 0 Å². The molecule has 1 aromatic carbocycles. The summed E-state index contributed by atoms with van der Waals surface area (Å²) in [4.78, 5) is 11.3. The van der Waals surface area contributed by atoms with Gasteiger partial charge in [-0.1, -0.05) is 19.1 Å². The van der Waals surface area contributed by atoms with Crippen molar-refractivity contribution in [2.24, 2.45) is 0 Å². The van der Waals surface area contributed by atoms with Crippen LogP contribution in [0.5, 0.6) is 5.75 Å². The lowest BCUT2D eigenvalue weighted by Gasteiger charge is -2.08. The van der Waals surface area contributed by atoms with Gasteiger partial charge in [0, 0.05) is 17.9 Å². The average molecular weight is 220 g/mol. The van der Waals surface area contributed by atoms with Gasteiger partial charge in [0.2, 0.25) is 0 Å². The van der Waals surface area contributed by atoms with E-state index in [0.29, 0.717) is 11.5 Å². The van der Waals surface area contributed by atoms with Crippen LogP contribution in [0.2, 0.25) is 0 Å². The van der Waals surface area contributed by atoms with Crippen LogP contribution in [0.1, 0.15) is 30.9 Å². The molecule has 0 saturated carbocycles. The summed E-state index contributed by atoms with van der Waals surface area (Å²) in [7, 11) is 0. The molecule has 1 aromatic rings. The summed E-state index contributed by atoms with van der Waals surface area (Å²) in [5.41, 5.74) is 2.13. The van der Waals surface area contributed by atoms with Crippen LogP contribution in [-0.4, -0.2) is 10.8 Å². The Hall–Kier alpha value is -1.22. The highest BCUT2D eigenvalue weighted by Gasteiger charge is 2.19. The average Bonchev–Trinajstić information content (AvgIpc) is 2.55. The van der Waals surface area contributed by atoms with E-state index < -0.39 is 0 Å². The Morgan fingerprint density at radius 3 is 2.93 bits per heavy atom. The van der Waals surface area contributed by atoms with E-state index in [2.05, 4.69) is 0 Å². The lowest BCUT2D eigenvalue weighted by molar-refractivity contribution is -0.118. The molecule has 78 valence electrons. The molecule has 15 heavy (non-hydrogen) atoms. The van der Waals surface area contributed by atoms with Crippen LogP contribution in [0.15, 0.2) is 18.2 Å². The van der Waals surface area contributed by atoms with Gasteiger partial charge in [0.05, 0.1) is 0 Å². The molecule has 0 amide bonds. The van der Waals surface area contributed by atoms with E-state index in [1.807, 2.05) is 25.1 Å². The standard InChI is InChI=1S/C12H12O2S/c1-7(8(2)13)9-3-4-11-10(5-9)6-12(15)14-11/h3-5,7H,6H2,1-2H3. The molecule has 1 aliphatic heterocycles. The Bertz CT molecular complexity index is 437. The fourth-order valence-corrected chi connectivity index (χ4v) is 1.90. The lowest BCUT2D eigenvalue weighted by atomic mass is 9.95. The van der Waals surface area contributed by atoms with E-state index in [-0.39, 0.29) is 11.7 Å². The van der Waals surface area contributed by atoms with Gasteiger partial charge < -0.3 is 4.74 Å². The first kappa shape index (κ1) is 10.3. The fourth-order valence-electron chi connectivity index (χ4n) is 1.66. The second-order valence-corrected chi connectivity index (χ2v) is 4.31. The summed E-state index contributed by atoms with van der Waals surface area (Å²) in [6.07, 6.45) is 0.684. The van der Waals surface area contributed by atoms with Gasteiger partial charge in [0.1, 0.15) is 11.5 Å². The molecule has 0 aliphatic carbocycles. The van der Waals surface area contributed by atoms with Crippen LogP contribution < -0.4 is 4.74 Å². The molecule has 1 aliphatic rings. The SMILES string of the molecule is CC(=O)C(C)c1ccc2c(c1)CC(=S)O2. The van der Waals surface area contributed by atoms with Crippen molar-refractivity contribution in [2.45, 2.75) is 26.2 Å². The van der Waals surface area contributed by atoms with E-state index in [1.54, 1.807) is 6.92 Å². The van der Waals surface area contributed by atoms with Gasteiger partial charge in [-0.15, -0.1) is 0 Å². The molecule has 1 unspecified atom stereocenters. The van der Waals surface area contributed by atoms with Crippen molar-refractivity contribution in [3.05, 3.63) is 29.3 Å². The molecule has 1 atom stereocenters. The summed E-state index contributed by atoms with van der Waals surface area (Å²) in [5.74, 6) is 0.959. The van der Waals surface area contributed by atoms with Gasteiger partial charge in [0.25, 0.3) is 0 Å². The third-order valence-electron chi connectivity index (χ3n) is 2.75. The predicted molar refractivity (Wildman–Crippen MR) is 62.5 cm³/mol. The Balaban J connectivity index is 2.35. The number of Topliss-reactive ketones (excluding diaryl/α,β-unsaturated/α-hetero) is 1. The monoisotopic (exact) mass is 220 g/mol. The molecule has 0 spiro atoms. The first-order valence-corrected chi connectivity index (χ1v) is 5.32. The van der Waals surface area contributed by atoms with Crippen molar-refractivity contribution in [2.75, 3.05) is 0 Å². The Kier molecular flexibility index (Phi) is 2.57. The largest absolute Gasteiger partial charge is 0.450 e. The van der Waals surface area contributed by atoms with E-state index in [0.717, 1.165) is 16.9 Å². The highest BCUT2D eigenvalue weighted by molar-refractivity contribution is 7.80. The van der Waals surface area contributed by atoms with Crippen molar-refractivity contribution in [1.29, 1.82) is 0 Å². The zero-order valence-electron chi connectivity index (χ0n) is 8.74. The number of hydrogen-bond acceptors (Lipinski definition) is 3. The van der Waals surface area contributed by atoms with Gasteiger partial charge >= 0.3 is 0 Å². The van der Waals surface area contributed by atoms with Gasteiger partial charge in [-0.2, -0.15) is 0 Å². The van der Waals surface area contributed by atoms with Crippen LogP contribution in [0.3, 0.4) is 0 Å². The number of ether oxygens (including phenoxy) is 1. The molecule has 0 aromatic heterocycles. The number of carbonyl (C=O) groups excluding carboxylic acids is 1. The molecular weight excluding hydrogens is 208 g/mol. The number of hydrogen-bond donors (Lipinski definition) is 0. The van der Waals surface area contributed by atoms with Crippen molar-refractivity contribution in [3.63, 3.8) is 0 Å². The van der Waals surface area contributed by atoms with E-state index >= 15 is 0 Å². The van der Waals surface area contributed by atoms with Crippen molar-refractivity contribution in [3.8, 4) is 5.75 Å². The summed E-state index contributed by atoms with van der Waals surface area (Å²) >= 11 is 5.00. The van der Waals surface area contributed by atoms with Crippen molar-refractivity contribution < 1.29 is 9.53 Å². The molecular formula is C12H12O2S. The summed E-state index contributed by atoms with van der Waals surface area (Å²) in [6.45, 7) is 3.53. The maximum Gasteiger partial charge on any atom is 0.171 e. The van der Waals surface area contributed by atoms with E-state index in [4.69, 9.17) is 17.0 Å². The molecule has 2 nitrogen and oxygen atoms in total. The summed E-state index contributed by atoms with van der Waals surface area (Å²) < 4.78 is 5.35. The summed E-state index contributed by atoms with van der Waals surface area (Å²) in [5, 5.41) is 0.609. The highest BCUT2D eigenvalue weighted by atomic mass is 32.1. The van der Waals surface area contributed by atoms with Crippen LogP contribution >= 0.6 is 12.2 Å². The van der Waals surface area contributed by atoms with Gasteiger partial charge in [-0.05, 0) is 30.8 Å². The van der Waals surface area contributed by atoms with Gasteiger partial charge in [-0.3, -0.25) is 4.79 Å². The molecule has 0 radical (unpaired) electrons. The maximum atomic E-state index is 11.3. The second kappa shape index (κ2) is 3.74. The molecule has 1 heterocycles. The number of rotatable bonds is 2. The quantitative estimate of drug-likeness (QED) is 0.717. The molecule has 0 N–H and O–H groups in total. The zero-order valence-corrected chi connectivity index (χ0v) is 9.56. The minimum absolute atomic E-state index is 0.0514. The van der Waals surface area contributed by atoms with Crippen LogP contribution in [-0.2, 0) is 11.2 Å². The fraction of sp³-hybridized carbons (Fsp3) is 0.333. The molecule has 3 heteroatoms. The van der Waals surface area contributed by atoms with Crippen molar-refractivity contribution >= 4 is 23.1 Å². The molecule has 0 fully saturated rings. The minimum Gasteiger partial charge on any atom is -0.450 e. The Morgan fingerprint density at radius 1 is 1.53 bits per heavy atom. The van der Waals surface area contributed by atoms with Crippen LogP contribution in [0.4, 0.5) is 0 Å². The van der Waals surface area contributed by atoms with Crippen LogP contribution in [0.25, 0.3) is 0 Å². The number of ketones is 1. The molecule has 0 bridgehead atoms. The number of carbonyl (C=O) groups is 1.